The number of hydrogen-bond acceptors (Lipinski definition) is 8. The maximum atomic E-state index is 14.1. The minimum absolute atomic E-state index is 0.0242. The van der Waals surface area contributed by atoms with Gasteiger partial charge in [0.05, 0.1) is 34.1 Å². The Morgan fingerprint density at radius 2 is 1.74 bits per heavy atom. The third-order valence-electron chi connectivity index (χ3n) is 7.97. The molecule has 0 saturated carbocycles. The van der Waals surface area contributed by atoms with E-state index < -0.39 is 48.5 Å². The quantitative estimate of drug-likeness (QED) is 0.209. The van der Waals surface area contributed by atoms with Crippen molar-refractivity contribution in [2.45, 2.75) is 49.8 Å². The molecule has 5 aromatic rings. The lowest BCUT2D eigenvalue weighted by atomic mass is 9.91. The molecule has 6 atom stereocenters. The predicted molar refractivity (Wildman–Crippen MR) is 164 cm³/mol. The molecule has 0 amide bonds. The number of aliphatic hydroxyl groups is 1. The number of alkyl halides is 3. The highest BCUT2D eigenvalue weighted by molar-refractivity contribution is 6.42. The smallest absolute Gasteiger partial charge is 0.388 e. The Bertz CT molecular complexity index is 1920. The van der Waals surface area contributed by atoms with Crippen molar-refractivity contribution < 1.29 is 32.5 Å². The number of aromatic nitrogens is 6. The summed E-state index contributed by atoms with van der Waals surface area (Å²) < 4.78 is 63.6. The van der Waals surface area contributed by atoms with Gasteiger partial charge in [-0.15, -0.1) is 5.10 Å². The van der Waals surface area contributed by atoms with Crippen LogP contribution in [0.5, 0.6) is 0 Å². The third kappa shape index (κ3) is 6.13. The van der Waals surface area contributed by atoms with Crippen LogP contribution in [-0.2, 0) is 20.4 Å². The zero-order valence-electron chi connectivity index (χ0n) is 24.2. The second kappa shape index (κ2) is 12.5. The van der Waals surface area contributed by atoms with Crippen molar-refractivity contribution in [1.82, 2.24) is 29.8 Å². The Hall–Kier alpha value is -3.56. The minimum Gasteiger partial charge on any atom is -0.388 e. The normalized spacial score (nSPS) is 24.7. The maximum absolute atomic E-state index is 14.1. The number of ether oxygens (including phenoxy) is 3. The first-order valence-electron chi connectivity index (χ1n) is 14.3. The molecule has 0 radical (unpaired) electrons. The van der Waals surface area contributed by atoms with Gasteiger partial charge in [0, 0.05) is 16.1 Å². The highest BCUT2D eigenvalue weighted by Crippen LogP contribution is 2.45. The van der Waals surface area contributed by atoms with Crippen LogP contribution in [0.3, 0.4) is 0 Å². The van der Waals surface area contributed by atoms with Crippen LogP contribution in [-0.4, -0.2) is 59.8 Å². The van der Waals surface area contributed by atoms with Crippen LogP contribution >= 0.6 is 34.8 Å². The molecule has 244 valence electrons. The molecule has 16 heteroatoms. The van der Waals surface area contributed by atoms with Crippen molar-refractivity contribution in [1.29, 1.82) is 0 Å². The molecule has 1 N–H and O–H groups in total. The summed E-state index contributed by atoms with van der Waals surface area (Å²) in [6.45, 7) is 1.54. The third-order valence-corrected chi connectivity index (χ3v) is 8.94. The molecular formula is C31H24Cl3F3N6O4. The maximum Gasteiger partial charge on any atom is 0.418 e. The second-order valence-electron chi connectivity index (χ2n) is 11.1. The standard InChI is InChI=1S/C31H24Cl3F3N6O4/c1-15-38-29(43(40-15)23-12-18(32)8-9-19(23)31(35,36)37)28-26(44)25(42-13-22(39-41-42)17-7-10-20(33)21(34)11-17)27-24(46-28)14-45-30(47-27)16-5-3-2-4-6-16/h2-13,24-28,30,44H,14H2,1H3/t24-,25-,26-,27+,28-,30+/m1/s1. The zero-order chi connectivity index (χ0) is 33.0. The van der Waals surface area contributed by atoms with E-state index in [0.29, 0.717) is 21.3 Å². The number of fused-ring (bicyclic) bond motifs is 1. The summed E-state index contributed by atoms with van der Waals surface area (Å²) in [7, 11) is 0. The Balaban J connectivity index is 1.31. The molecule has 2 saturated heterocycles. The molecule has 0 bridgehead atoms. The molecule has 2 aromatic heterocycles. The highest BCUT2D eigenvalue weighted by Gasteiger charge is 2.53. The Kier molecular flexibility index (Phi) is 8.49. The van der Waals surface area contributed by atoms with Gasteiger partial charge < -0.3 is 19.3 Å². The molecule has 47 heavy (non-hydrogen) atoms. The fourth-order valence-corrected chi connectivity index (χ4v) is 6.30. The highest BCUT2D eigenvalue weighted by atomic mass is 35.5. The van der Waals surface area contributed by atoms with Crippen LogP contribution in [0.4, 0.5) is 13.2 Å². The Labute approximate surface area is 280 Å². The van der Waals surface area contributed by atoms with Gasteiger partial charge in [-0.3, -0.25) is 0 Å². The number of halogens is 6. The first-order chi connectivity index (χ1) is 22.5. The molecule has 7 rings (SSSR count). The van der Waals surface area contributed by atoms with Gasteiger partial charge in [-0.05, 0) is 37.3 Å². The molecule has 4 heterocycles. The molecular weight excluding hydrogens is 684 g/mol. The molecule has 0 aliphatic carbocycles. The summed E-state index contributed by atoms with van der Waals surface area (Å²) in [6, 6.07) is 16.4. The number of aliphatic hydroxyl groups excluding tert-OH is 1. The predicted octanol–water partition coefficient (Wildman–Crippen LogP) is 6.97. The topological polar surface area (TPSA) is 109 Å². The number of hydrogen-bond donors (Lipinski definition) is 1. The van der Waals surface area contributed by atoms with Crippen molar-refractivity contribution in [2.75, 3.05) is 6.61 Å². The van der Waals surface area contributed by atoms with Gasteiger partial charge >= 0.3 is 6.18 Å². The van der Waals surface area contributed by atoms with Crippen molar-refractivity contribution in [2.24, 2.45) is 0 Å². The van der Waals surface area contributed by atoms with Gasteiger partial charge in [0.15, 0.2) is 12.1 Å². The molecule has 2 fully saturated rings. The monoisotopic (exact) mass is 706 g/mol. The van der Waals surface area contributed by atoms with Gasteiger partial charge in [0.2, 0.25) is 0 Å². The first kappa shape index (κ1) is 32.0. The molecule has 2 aliphatic rings. The summed E-state index contributed by atoms with van der Waals surface area (Å²) in [6.07, 6.45) is -8.34. The molecule has 3 aromatic carbocycles. The van der Waals surface area contributed by atoms with Gasteiger partial charge in [0.25, 0.3) is 0 Å². The van der Waals surface area contributed by atoms with Gasteiger partial charge in [0.1, 0.15) is 42.0 Å². The van der Waals surface area contributed by atoms with E-state index in [1.165, 1.54) is 11.6 Å². The number of rotatable bonds is 5. The van der Waals surface area contributed by atoms with E-state index in [-0.39, 0.29) is 29.0 Å². The molecule has 0 unspecified atom stereocenters. The summed E-state index contributed by atoms with van der Waals surface area (Å²) >= 11 is 18.5. The second-order valence-corrected chi connectivity index (χ2v) is 12.3. The van der Waals surface area contributed by atoms with E-state index in [1.54, 1.807) is 24.4 Å². The van der Waals surface area contributed by atoms with E-state index in [9.17, 15) is 18.3 Å². The van der Waals surface area contributed by atoms with Crippen LogP contribution < -0.4 is 0 Å². The van der Waals surface area contributed by atoms with E-state index in [2.05, 4.69) is 20.4 Å². The summed E-state index contributed by atoms with van der Waals surface area (Å²) in [4.78, 5) is 4.42. The van der Waals surface area contributed by atoms with Crippen molar-refractivity contribution in [3.63, 3.8) is 0 Å². The van der Waals surface area contributed by atoms with Crippen LogP contribution in [0.1, 0.15) is 41.2 Å². The Morgan fingerprint density at radius 1 is 0.957 bits per heavy atom. The van der Waals surface area contributed by atoms with Crippen molar-refractivity contribution in [3.05, 3.63) is 111 Å². The average Bonchev–Trinajstić information content (AvgIpc) is 3.69. The summed E-state index contributed by atoms with van der Waals surface area (Å²) in [5.41, 5.74) is 0.414. The van der Waals surface area contributed by atoms with E-state index in [4.69, 9.17) is 49.0 Å². The number of aryl methyl sites for hydroxylation is 1. The van der Waals surface area contributed by atoms with Gasteiger partial charge in [-0.25, -0.2) is 14.3 Å². The summed E-state index contributed by atoms with van der Waals surface area (Å²) in [5.74, 6) is 0.0618. The van der Waals surface area contributed by atoms with Crippen molar-refractivity contribution in [3.8, 4) is 16.9 Å². The van der Waals surface area contributed by atoms with Crippen LogP contribution in [0.25, 0.3) is 16.9 Å². The average molecular weight is 708 g/mol. The summed E-state index contributed by atoms with van der Waals surface area (Å²) in [5, 5.41) is 25.7. The first-order valence-corrected chi connectivity index (χ1v) is 15.4. The van der Waals surface area contributed by atoms with Gasteiger partial charge in [-0.2, -0.15) is 18.3 Å². The van der Waals surface area contributed by atoms with Crippen LogP contribution in [0.2, 0.25) is 15.1 Å². The fourth-order valence-electron chi connectivity index (χ4n) is 5.83. The number of nitrogens with zero attached hydrogens (tertiary/aromatic N) is 6. The lowest BCUT2D eigenvalue weighted by Crippen LogP contribution is -2.57. The fraction of sp³-hybridized carbons (Fsp3) is 0.290. The van der Waals surface area contributed by atoms with Crippen LogP contribution in [0, 0.1) is 6.92 Å². The largest absolute Gasteiger partial charge is 0.418 e. The SMILES string of the molecule is Cc1nc([C@@H]2O[C@@H]3CO[C@H](c4ccccc4)O[C@@H]3[C@H](n3cc(-c4ccc(Cl)c(Cl)c4)nn3)[C@H]2O)n(-c2cc(Cl)ccc2C(F)(F)F)n1. The van der Waals surface area contributed by atoms with E-state index in [0.717, 1.165) is 28.4 Å². The molecule has 0 spiro atoms. The van der Waals surface area contributed by atoms with Crippen molar-refractivity contribution >= 4 is 34.8 Å². The lowest BCUT2D eigenvalue weighted by molar-refractivity contribution is -0.319. The van der Waals surface area contributed by atoms with E-state index in [1.807, 2.05) is 30.3 Å². The Morgan fingerprint density at radius 3 is 2.49 bits per heavy atom. The zero-order valence-corrected chi connectivity index (χ0v) is 26.5. The van der Waals surface area contributed by atoms with Gasteiger partial charge in [-0.1, -0.05) is 76.4 Å². The number of benzene rings is 3. The van der Waals surface area contributed by atoms with Crippen LogP contribution in [0.15, 0.2) is 72.9 Å². The molecule has 2 aliphatic heterocycles. The lowest BCUT2D eigenvalue weighted by Gasteiger charge is -2.47. The van der Waals surface area contributed by atoms with E-state index >= 15 is 0 Å². The minimum atomic E-state index is -4.74. The molecule has 10 nitrogen and oxygen atoms in total.